The van der Waals surface area contributed by atoms with Gasteiger partial charge in [-0.1, -0.05) is 0 Å². The molecule has 0 N–H and O–H groups in total. The summed E-state index contributed by atoms with van der Waals surface area (Å²) in [6.07, 6.45) is 8.33. The van der Waals surface area contributed by atoms with Crippen LogP contribution < -0.4 is 4.90 Å². The number of rotatable bonds is 4. The molecule has 4 heteroatoms. The van der Waals surface area contributed by atoms with Crippen molar-refractivity contribution < 1.29 is 0 Å². The Morgan fingerprint density at radius 1 is 1.33 bits per heavy atom. The van der Waals surface area contributed by atoms with Gasteiger partial charge >= 0.3 is 0 Å². The zero-order chi connectivity index (χ0) is 12.4. The van der Waals surface area contributed by atoms with Gasteiger partial charge in [0.15, 0.2) is 0 Å². The Morgan fingerprint density at radius 2 is 2.22 bits per heavy atom. The molecule has 1 saturated carbocycles. The Hall–Kier alpha value is -1.63. The quantitative estimate of drug-likeness (QED) is 0.813. The smallest absolute Gasteiger partial charge is 0.132 e. The Labute approximate surface area is 108 Å². The van der Waals surface area contributed by atoms with Crippen LogP contribution in [-0.4, -0.2) is 22.6 Å². The van der Waals surface area contributed by atoms with Crippen LogP contribution in [-0.2, 0) is 6.42 Å². The lowest BCUT2D eigenvalue weighted by molar-refractivity contribution is 0.674. The van der Waals surface area contributed by atoms with Crippen molar-refractivity contribution in [2.45, 2.75) is 44.6 Å². The van der Waals surface area contributed by atoms with Crippen LogP contribution in [0.25, 0.3) is 0 Å². The van der Waals surface area contributed by atoms with Crippen LogP contribution in [0.4, 0.5) is 5.82 Å². The number of aromatic nitrogens is 2. The maximum Gasteiger partial charge on any atom is 0.132 e. The van der Waals surface area contributed by atoms with E-state index in [-0.39, 0.29) is 0 Å². The Kier molecular flexibility index (Phi) is 3.14. The lowest BCUT2D eigenvalue weighted by atomic mass is 10.1. The molecule has 0 unspecified atom stereocenters. The summed E-state index contributed by atoms with van der Waals surface area (Å²) >= 11 is 0. The predicted molar refractivity (Wildman–Crippen MR) is 69.1 cm³/mol. The third-order valence-electron chi connectivity index (χ3n) is 3.90. The number of anilines is 1. The van der Waals surface area contributed by atoms with Crippen LogP contribution >= 0.6 is 0 Å². The lowest BCUT2D eigenvalue weighted by Crippen LogP contribution is -2.29. The second-order valence-corrected chi connectivity index (χ2v) is 5.37. The molecular weight excluding hydrogens is 224 g/mol. The predicted octanol–water partition coefficient (Wildman–Crippen LogP) is 2.31. The summed E-state index contributed by atoms with van der Waals surface area (Å²) in [6, 6.07) is 4.75. The van der Waals surface area contributed by atoms with Gasteiger partial charge in [0.05, 0.1) is 12.5 Å². The standard InChI is InChI=1S/C14H18N4/c15-6-5-13-2-1-7-18(13)14-9-12(16-10-17-14)8-11-3-4-11/h9-11,13H,1-5,7-8H2/t13-/m0/s1. The number of hydrogen-bond donors (Lipinski definition) is 0. The molecule has 0 radical (unpaired) electrons. The van der Waals surface area contributed by atoms with Crippen LogP contribution in [0.3, 0.4) is 0 Å². The fraction of sp³-hybridized carbons (Fsp3) is 0.643. The molecule has 0 amide bonds. The highest BCUT2D eigenvalue weighted by atomic mass is 15.2. The molecular formula is C14H18N4. The molecule has 0 spiro atoms. The van der Waals surface area contributed by atoms with Gasteiger partial charge in [-0.25, -0.2) is 9.97 Å². The van der Waals surface area contributed by atoms with Gasteiger partial charge in [-0.15, -0.1) is 0 Å². The molecule has 18 heavy (non-hydrogen) atoms. The van der Waals surface area contributed by atoms with Gasteiger partial charge in [-0.05, 0) is 38.0 Å². The first-order valence-electron chi connectivity index (χ1n) is 6.81. The second kappa shape index (κ2) is 4.93. The van der Waals surface area contributed by atoms with Gasteiger partial charge in [0.1, 0.15) is 12.1 Å². The molecule has 1 aromatic heterocycles. The Balaban J connectivity index is 1.75. The number of nitriles is 1. The maximum absolute atomic E-state index is 8.86. The minimum atomic E-state index is 0.346. The SMILES string of the molecule is N#CC[C@@H]1CCCN1c1cc(CC2CC2)ncn1. The van der Waals surface area contributed by atoms with Gasteiger partial charge < -0.3 is 4.90 Å². The minimum Gasteiger partial charge on any atom is -0.352 e. The van der Waals surface area contributed by atoms with Crippen LogP contribution in [0.2, 0.25) is 0 Å². The summed E-state index contributed by atoms with van der Waals surface area (Å²) in [5, 5.41) is 8.86. The zero-order valence-corrected chi connectivity index (χ0v) is 10.5. The highest BCUT2D eigenvalue weighted by Gasteiger charge is 2.26. The van der Waals surface area contributed by atoms with Crippen molar-refractivity contribution in [3.63, 3.8) is 0 Å². The van der Waals surface area contributed by atoms with Crippen molar-refractivity contribution in [2.75, 3.05) is 11.4 Å². The molecule has 94 valence electrons. The summed E-state index contributed by atoms with van der Waals surface area (Å²) in [6.45, 7) is 1.02. The summed E-state index contributed by atoms with van der Waals surface area (Å²) in [5.74, 6) is 1.86. The second-order valence-electron chi connectivity index (χ2n) is 5.37. The minimum absolute atomic E-state index is 0.346. The van der Waals surface area contributed by atoms with Crippen LogP contribution in [0.1, 0.15) is 37.8 Å². The maximum atomic E-state index is 8.86. The molecule has 2 fully saturated rings. The monoisotopic (exact) mass is 242 g/mol. The molecule has 2 heterocycles. The van der Waals surface area contributed by atoms with Crippen molar-refractivity contribution in [3.05, 3.63) is 18.1 Å². The molecule has 3 rings (SSSR count). The molecule has 1 saturated heterocycles. The Morgan fingerprint density at radius 3 is 3.00 bits per heavy atom. The van der Waals surface area contributed by atoms with E-state index >= 15 is 0 Å². The van der Waals surface area contributed by atoms with Crippen LogP contribution in [0.5, 0.6) is 0 Å². The highest BCUT2D eigenvalue weighted by molar-refractivity contribution is 5.42. The highest BCUT2D eigenvalue weighted by Crippen LogP contribution is 2.33. The molecule has 0 bridgehead atoms. The van der Waals surface area contributed by atoms with Gasteiger partial charge in [0.25, 0.3) is 0 Å². The van der Waals surface area contributed by atoms with Gasteiger partial charge in [-0.2, -0.15) is 5.26 Å². The normalized spacial score (nSPS) is 23.1. The van der Waals surface area contributed by atoms with E-state index in [4.69, 9.17) is 5.26 Å². The number of hydrogen-bond acceptors (Lipinski definition) is 4. The van der Waals surface area contributed by atoms with Crippen molar-refractivity contribution in [2.24, 2.45) is 5.92 Å². The van der Waals surface area contributed by atoms with Crippen molar-refractivity contribution >= 4 is 5.82 Å². The molecule has 1 aliphatic heterocycles. The Bertz CT molecular complexity index is 461. The topological polar surface area (TPSA) is 52.8 Å². The summed E-state index contributed by atoms with van der Waals surface area (Å²) in [5.41, 5.74) is 1.16. The lowest BCUT2D eigenvalue weighted by Gasteiger charge is -2.23. The van der Waals surface area contributed by atoms with E-state index in [9.17, 15) is 0 Å². The first-order chi connectivity index (χ1) is 8.86. The molecule has 4 nitrogen and oxygen atoms in total. The van der Waals surface area contributed by atoms with Crippen LogP contribution in [0.15, 0.2) is 12.4 Å². The molecule has 1 atom stereocenters. The van der Waals surface area contributed by atoms with Crippen molar-refractivity contribution in [3.8, 4) is 6.07 Å². The van der Waals surface area contributed by atoms with E-state index in [0.29, 0.717) is 12.5 Å². The fourth-order valence-corrected chi connectivity index (χ4v) is 2.73. The van der Waals surface area contributed by atoms with E-state index in [1.807, 2.05) is 0 Å². The third-order valence-corrected chi connectivity index (χ3v) is 3.90. The molecule has 1 aliphatic carbocycles. The van der Waals surface area contributed by atoms with E-state index in [1.165, 1.54) is 12.8 Å². The van der Waals surface area contributed by atoms with Gasteiger partial charge in [0, 0.05) is 24.3 Å². The van der Waals surface area contributed by atoms with E-state index < -0.39 is 0 Å². The fourth-order valence-electron chi connectivity index (χ4n) is 2.73. The third kappa shape index (κ3) is 2.45. The van der Waals surface area contributed by atoms with E-state index in [2.05, 4.69) is 27.0 Å². The first-order valence-corrected chi connectivity index (χ1v) is 6.81. The zero-order valence-electron chi connectivity index (χ0n) is 10.5. The average molecular weight is 242 g/mol. The summed E-state index contributed by atoms with van der Waals surface area (Å²) < 4.78 is 0. The summed E-state index contributed by atoms with van der Waals surface area (Å²) in [4.78, 5) is 11.0. The van der Waals surface area contributed by atoms with E-state index in [1.54, 1.807) is 6.33 Å². The van der Waals surface area contributed by atoms with Crippen LogP contribution in [0, 0.1) is 17.2 Å². The van der Waals surface area contributed by atoms with Gasteiger partial charge in [-0.3, -0.25) is 0 Å². The number of nitrogens with zero attached hydrogens (tertiary/aromatic N) is 4. The molecule has 0 aromatic carbocycles. The van der Waals surface area contributed by atoms with Gasteiger partial charge in [0.2, 0.25) is 0 Å². The summed E-state index contributed by atoms with van der Waals surface area (Å²) in [7, 11) is 0. The first kappa shape index (κ1) is 11.5. The average Bonchev–Trinajstić information content (AvgIpc) is 3.07. The van der Waals surface area contributed by atoms with E-state index in [0.717, 1.165) is 43.2 Å². The van der Waals surface area contributed by atoms with Crippen molar-refractivity contribution in [1.29, 1.82) is 5.26 Å². The largest absolute Gasteiger partial charge is 0.352 e. The van der Waals surface area contributed by atoms with Crippen molar-refractivity contribution in [1.82, 2.24) is 9.97 Å². The molecule has 2 aliphatic rings. The molecule has 1 aromatic rings.